The van der Waals surface area contributed by atoms with Crippen LogP contribution in [-0.4, -0.2) is 27.1 Å². The third-order valence-corrected chi connectivity index (χ3v) is 5.47. The maximum atomic E-state index is 11.6. The number of hydrogen-bond acceptors (Lipinski definition) is 3. The topological polar surface area (TPSA) is 35.5 Å². The number of carbonyl (C=O) groups is 1. The first-order valence-corrected chi connectivity index (χ1v) is 8.49. The number of carbonyl (C=O) groups excluding carboxylic acids is 1. The maximum Gasteiger partial charge on any atom is 0.335 e. The van der Waals surface area contributed by atoms with Crippen LogP contribution in [0.1, 0.15) is 34.1 Å². The van der Waals surface area contributed by atoms with E-state index in [1.165, 1.54) is 0 Å². The van der Waals surface area contributed by atoms with Crippen LogP contribution in [0.4, 0.5) is 0 Å². The maximum absolute atomic E-state index is 11.6. The molecule has 94 valence electrons. The van der Waals surface area contributed by atoms with Crippen LogP contribution < -0.4 is 0 Å². The Morgan fingerprint density at radius 3 is 2.50 bits per heavy atom. The van der Waals surface area contributed by atoms with Gasteiger partial charge in [0.15, 0.2) is 5.78 Å². The highest BCUT2D eigenvalue weighted by Gasteiger charge is 2.33. The van der Waals surface area contributed by atoms with Crippen LogP contribution in [-0.2, 0) is 13.6 Å². The van der Waals surface area contributed by atoms with Crippen molar-refractivity contribution < 1.29 is 13.6 Å². The first-order chi connectivity index (χ1) is 7.49. The molecule has 0 radical (unpaired) electrons. The van der Waals surface area contributed by atoms with Crippen LogP contribution in [0, 0.1) is 0 Å². The molecule has 0 aromatic carbocycles. The van der Waals surface area contributed by atoms with Crippen LogP contribution in [0.5, 0.6) is 0 Å². The summed E-state index contributed by atoms with van der Waals surface area (Å²) in [5, 5.41) is 0. The molecular weight excluding hydrogens is 220 g/mol. The van der Waals surface area contributed by atoms with Gasteiger partial charge in [0, 0.05) is 6.61 Å². The molecule has 0 saturated heterocycles. The van der Waals surface area contributed by atoms with Gasteiger partial charge in [-0.1, -0.05) is 19.4 Å². The van der Waals surface area contributed by atoms with E-state index >= 15 is 0 Å². The van der Waals surface area contributed by atoms with E-state index in [-0.39, 0.29) is 5.78 Å². The van der Waals surface area contributed by atoms with Gasteiger partial charge in [0.25, 0.3) is 0 Å². The molecule has 4 heteroatoms. The highest BCUT2D eigenvalue weighted by atomic mass is 28.4. The van der Waals surface area contributed by atoms with E-state index in [4.69, 9.17) is 8.85 Å². The molecule has 0 aromatic heterocycles. The summed E-state index contributed by atoms with van der Waals surface area (Å²) in [6.45, 7) is 10.4. The zero-order valence-corrected chi connectivity index (χ0v) is 12.1. The van der Waals surface area contributed by atoms with Crippen molar-refractivity contribution in [1.29, 1.82) is 0 Å². The number of hydrogen-bond donors (Lipinski definition) is 0. The van der Waals surface area contributed by atoms with Crippen LogP contribution in [0.15, 0.2) is 12.2 Å². The summed E-state index contributed by atoms with van der Waals surface area (Å²) in [5.41, 5.74) is 0. The van der Waals surface area contributed by atoms with Crippen LogP contribution in [0.2, 0.25) is 12.6 Å². The SMILES string of the molecule is CC=CC(=O)C(C)O[Si](C)(CCC)OCC. The van der Waals surface area contributed by atoms with Gasteiger partial charge in [-0.2, -0.15) is 0 Å². The molecular formula is C12H24O3Si. The Hall–Kier alpha value is -0.453. The summed E-state index contributed by atoms with van der Waals surface area (Å²) in [6.07, 6.45) is 3.91. The third kappa shape index (κ3) is 5.58. The van der Waals surface area contributed by atoms with Crippen LogP contribution in [0.25, 0.3) is 0 Å². The summed E-state index contributed by atoms with van der Waals surface area (Å²) in [6, 6.07) is 0.925. The highest BCUT2D eigenvalue weighted by molar-refractivity contribution is 6.66. The molecule has 0 heterocycles. The molecule has 0 aliphatic carbocycles. The van der Waals surface area contributed by atoms with Gasteiger partial charge in [-0.25, -0.2) is 0 Å². The zero-order chi connectivity index (χ0) is 12.6. The Morgan fingerprint density at radius 2 is 2.06 bits per heavy atom. The van der Waals surface area contributed by atoms with Crippen LogP contribution in [0.3, 0.4) is 0 Å². The van der Waals surface area contributed by atoms with Crippen molar-refractivity contribution in [1.82, 2.24) is 0 Å². The molecule has 0 aromatic rings. The molecule has 16 heavy (non-hydrogen) atoms. The normalized spacial score (nSPS) is 17.3. The fourth-order valence-corrected chi connectivity index (χ4v) is 4.37. The van der Waals surface area contributed by atoms with Gasteiger partial charge in [0.2, 0.25) is 0 Å². The monoisotopic (exact) mass is 244 g/mol. The predicted octanol–water partition coefficient (Wildman–Crippen LogP) is 3.06. The minimum absolute atomic E-state index is 0.0111. The number of allylic oxidation sites excluding steroid dienone is 1. The first kappa shape index (κ1) is 15.5. The second-order valence-electron chi connectivity index (χ2n) is 3.98. The van der Waals surface area contributed by atoms with E-state index in [0.29, 0.717) is 6.61 Å². The van der Waals surface area contributed by atoms with Crippen molar-refractivity contribution in [2.24, 2.45) is 0 Å². The smallest absolute Gasteiger partial charge is 0.335 e. The minimum Gasteiger partial charge on any atom is -0.395 e. The summed E-state index contributed by atoms with van der Waals surface area (Å²) in [7, 11) is -2.16. The molecule has 0 N–H and O–H groups in total. The van der Waals surface area contributed by atoms with E-state index in [9.17, 15) is 4.79 Å². The Kier molecular flexibility index (Phi) is 7.54. The number of rotatable bonds is 8. The standard InChI is InChI=1S/C12H24O3Si/c1-6-9-12(13)11(4)15-16(5,10-7-2)14-8-3/h6,9,11H,7-8,10H2,1-5H3. The van der Waals surface area contributed by atoms with E-state index in [0.717, 1.165) is 12.5 Å². The number of ketones is 1. The molecule has 0 aliphatic rings. The van der Waals surface area contributed by atoms with Gasteiger partial charge in [0.1, 0.15) is 6.10 Å². The molecule has 3 nitrogen and oxygen atoms in total. The Bertz CT molecular complexity index is 232. The predicted molar refractivity (Wildman–Crippen MR) is 68.7 cm³/mol. The van der Waals surface area contributed by atoms with Crippen molar-refractivity contribution in [3.63, 3.8) is 0 Å². The summed E-state index contributed by atoms with van der Waals surface area (Å²) in [5.74, 6) is 0.0111. The van der Waals surface area contributed by atoms with Gasteiger partial charge in [-0.05, 0) is 39.4 Å². The van der Waals surface area contributed by atoms with E-state index in [2.05, 4.69) is 6.92 Å². The van der Waals surface area contributed by atoms with Gasteiger partial charge in [-0.15, -0.1) is 0 Å². The van der Waals surface area contributed by atoms with E-state index in [1.807, 2.05) is 20.4 Å². The fraction of sp³-hybridized carbons (Fsp3) is 0.750. The Labute approximate surface area is 100 Å². The second-order valence-corrected chi connectivity index (χ2v) is 7.27. The lowest BCUT2D eigenvalue weighted by Crippen LogP contribution is -2.43. The summed E-state index contributed by atoms with van der Waals surface area (Å²) >= 11 is 0. The minimum atomic E-state index is -2.16. The average molecular weight is 244 g/mol. The van der Waals surface area contributed by atoms with Gasteiger partial charge < -0.3 is 8.85 Å². The lowest BCUT2D eigenvalue weighted by Gasteiger charge is -2.28. The van der Waals surface area contributed by atoms with Crippen molar-refractivity contribution >= 4 is 14.3 Å². The van der Waals surface area contributed by atoms with Gasteiger partial charge in [0.05, 0.1) is 0 Å². The van der Waals surface area contributed by atoms with E-state index in [1.54, 1.807) is 19.1 Å². The van der Waals surface area contributed by atoms with Crippen molar-refractivity contribution in [3.8, 4) is 0 Å². The van der Waals surface area contributed by atoms with Crippen molar-refractivity contribution in [2.45, 2.75) is 52.8 Å². The molecule has 0 amide bonds. The largest absolute Gasteiger partial charge is 0.395 e. The molecule has 0 spiro atoms. The van der Waals surface area contributed by atoms with Crippen LogP contribution >= 0.6 is 0 Å². The van der Waals surface area contributed by atoms with Gasteiger partial charge in [-0.3, -0.25) is 4.79 Å². The molecule has 0 bridgehead atoms. The van der Waals surface area contributed by atoms with Crippen molar-refractivity contribution in [3.05, 3.63) is 12.2 Å². The molecule has 2 atom stereocenters. The lowest BCUT2D eigenvalue weighted by atomic mass is 10.2. The summed E-state index contributed by atoms with van der Waals surface area (Å²) < 4.78 is 11.6. The van der Waals surface area contributed by atoms with E-state index < -0.39 is 14.7 Å². The summed E-state index contributed by atoms with van der Waals surface area (Å²) in [4.78, 5) is 11.6. The molecule has 0 fully saturated rings. The zero-order valence-electron chi connectivity index (χ0n) is 11.1. The quantitative estimate of drug-likeness (QED) is 0.486. The lowest BCUT2D eigenvalue weighted by molar-refractivity contribution is -0.121. The molecule has 2 unspecified atom stereocenters. The third-order valence-electron chi connectivity index (χ3n) is 2.31. The second kappa shape index (κ2) is 7.76. The fourth-order valence-electron chi connectivity index (χ4n) is 1.66. The first-order valence-electron chi connectivity index (χ1n) is 5.97. The Morgan fingerprint density at radius 1 is 1.44 bits per heavy atom. The molecule has 0 rings (SSSR count). The highest BCUT2D eigenvalue weighted by Crippen LogP contribution is 2.18. The average Bonchev–Trinajstić information content (AvgIpc) is 2.18. The molecule has 0 aliphatic heterocycles. The molecule has 0 saturated carbocycles. The Balaban J connectivity index is 4.43. The van der Waals surface area contributed by atoms with Gasteiger partial charge >= 0.3 is 8.56 Å². The van der Waals surface area contributed by atoms with Crippen molar-refractivity contribution in [2.75, 3.05) is 6.61 Å².